The summed E-state index contributed by atoms with van der Waals surface area (Å²) in [5, 5.41) is 17.0. The van der Waals surface area contributed by atoms with E-state index in [1.54, 1.807) is 6.92 Å². The van der Waals surface area contributed by atoms with Crippen LogP contribution in [0.1, 0.15) is 6.92 Å². The quantitative estimate of drug-likeness (QED) is 0.361. The number of halogens is 1. The molecule has 0 amide bonds. The second kappa shape index (κ2) is 4.53. The van der Waals surface area contributed by atoms with Crippen molar-refractivity contribution in [3.8, 4) is 0 Å². The standard InChI is InChI=1S/C12H11BrN2O/c1-8(15-16)14-12-7-10-5-3-2-4-9(10)6-11(12)13/h2-7,16H,1H3,(H,14,15). The minimum absolute atomic E-state index is 0.455. The fraction of sp³-hybridized carbons (Fsp3) is 0.0833. The number of oxime groups is 1. The molecule has 4 heteroatoms. The summed E-state index contributed by atoms with van der Waals surface area (Å²) >= 11 is 3.48. The van der Waals surface area contributed by atoms with Gasteiger partial charge in [0.05, 0.1) is 5.69 Å². The molecule has 0 radical (unpaired) electrons. The lowest BCUT2D eigenvalue weighted by atomic mass is 10.1. The number of benzene rings is 2. The third kappa shape index (κ3) is 2.17. The van der Waals surface area contributed by atoms with Crippen molar-refractivity contribution in [2.75, 3.05) is 5.32 Å². The van der Waals surface area contributed by atoms with E-state index in [2.05, 4.69) is 32.5 Å². The van der Waals surface area contributed by atoms with Crippen LogP contribution in [-0.4, -0.2) is 11.0 Å². The van der Waals surface area contributed by atoms with E-state index >= 15 is 0 Å². The monoisotopic (exact) mass is 278 g/mol. The summed E-state index contributed by atoms with van der Waals surface area (Å²) in [7, 11) is 0. The van der Waals surface area contributed by atoms with Gasteiger partial charge in [0.25, 0.3) is 0 Å². The highest BCUT2D eigenvalue weighted by molar-refractivity contribution is 9.10. The highest BCUT2D eigenvalue weighted by Gasteiger charge is 2.03. The molecule has 2 aromatic carbocycles. The van der Waals surface area contributed by atoms with Gasteiger partial charge in [0.2, 0.25) is 0 Å². The van der Waals surface area contributed by atoms with E-state index in [0.29, 0.717) is 5.84 Å². The molecular weight excluding hydrogens is 268 g/mol. The van der Waals surface area contributed by atoms with Crippen molar-refractivity contribution in [1.82, 2.24) is 0 Å². The smallest absolute Gasteiger partial charge is 0.142 e. The Labute approximate surface area is 102 Å². The average Bonchev–Trinajstić information content (AvgIpc) is 2.30. The fourth-order valence-electron chi connectivity index (χ4n) is 1.53. The van der Waals surface area contributed by atoms with Gasteiger partial charge in [-0.25, -0.2) is 0 Å². The van der Waals surface area contributed by atoms with Crippen LogP contribution in [0.15, 0.2) is 46.0 Å². The highest BCUT2D eigenvalue weighted by Crippen LogP contribution is 2.28. The topological polar surface area (TPSA) is 44.6 Å². The van der Waals surface area contributed by atoms with Crippen LogP contribution >= 0.6 is 15.9 Å². The van der Waals surface area contributed by atoms with Gasteiger partial charge in [0, 0.05) is 4.47 Å². The molecule has 2 N–H and O–H groups in total. The van der Waals surface area contributed by atoms with Crippen LogP contribution in [-0.2, 0) is 0 Å². The molecule has 0 saturated carbocycles. The highest BCUT2D eigenvalue weighted by atomic mass is 79.9. The van der Waals surface area contributed by atoms with E-state index in [1.165, 1.54) is 5.39 Å². The summed E-state index contributed by atoms with van der Waals surface area (Å²) in [6, 6.07) is 12.1. The molecule has 0 saturated heterocycles. The zero-order valence-corrected chi connectivity index (χ0v) is 10.3. The SMILES string of the molecule is CC(=NO)Nc1cc2ccccc2cc1Br. The molecule has 3 nitrogen and oxygen atoms in total. The van der Waals surface area contributed by atoms with Crippen molar-refractivity contribution in [1.29, 1.82) is 0 Å². The summed E-state index contributed by atoms with van der Waals surface area (Å²) in [5.74, 6) is 0.455. The van der Waals surface area contributed by atoms with Gasteiger partial charge in [0.1, 0.15) is 5.84 Å². The minimum Gasteiger partial charge on any atom is -0.409 e. The minimum atomic E-state index is 0.455. The Morgan fingerprint density at radius 3 is 2.50 bits per heavy atom. The Balaban J connectivity index is 2.50. The van der Waals surface area contributed by atoms with E-state index in [1.807, 2.05) is 30.3 Å². The molecular formula is C12H11BrN2O. The van der Waals surface area contributed by atoms with Crippen LogP contribution in [0, 0.1) is 0 Å². The molecule has 0 aliphatic carbocycles. The van der Waals surface area contributed by atoms with Crippen LogP contribution < -0.4 is 5.32 Å². The van der Waals surface area contributed by atoms with Crippen LogP contribution in [0.25, 0.3) is 10.8 Å². The molecule has 0 aliphatic rings. The van der Waals surface area contributed by atoms with Crippen molar-refractivity contribution in [2.24, 2.45) is 5.16 Å². The Hall–Kier alpha value is -1.55. The Morgan fingerprint density at radius 1 is 1.25 bits per heavy atom. The second-order valence-electron chi connectivity index (χ2n) is 3.49. The molecule has 0 unspecified atom stereocenters. The van der Waals surface area contributed by atoms with Crippen LogP contribution in [0.4, 0.5) is 5.69 Å². The van der Waals surface area contributed by atoms with Gasteiger partial charge in [0.15, 0.2) is 0 Å². The summed E-state index contributed by atoms with van der Waals surface area (Å²) < 4.78 is 0.939. The molecule has 0 heterocycles. The number of hydrogen-bond acceptors (Lipinski definition) is 2. The van der Waals surface area contributed by atoms with E-state index in [0.717, 1.165) is 15.5 Å². The number of nitrogens with zero attached hydrogens (tertiary/aromatic N) is 1. The Bertz CT molecular complexity index is 552. The van der Waals surface area contributed by atoms with Gasteiger partial charge in [-0.3, -0.25) is 0 Å². The summed E-state index contributed by atoms with van der Waals surface area (Å²) in [5.41, 5.74) is 0.883. The van der Waals surface area contributed by atoms with Crippen molar-refractivity contribution in [3.63, 3.8) is 0 Å². The fourth-order valence-corrected chi connectivity index (χ4v) is 1.99. The maximum atomic E-state index is 8.61. The summed E-state index contributed by atoms with van der Waals surface area (Å²) in [6.45, 7) is 1.70. The molecule has 0 aliphatic heterocycles. The number of nitrogens with one attached hydrogen (secondary N) is 1. The maximum Gasteiger partial charge on any atom is 0.142 e. The molecule has 0 aromatic heterocycles. The molecule has 2 aromatic rings. The zero-order chi connectivity index (χ0) is 11.5. The first-order valence-corrected chi connectivity index (χ1v) is 5.64. The van der Waals surface area contributed by atoms with Crippen molar-refractivity contribution >= 4 is 38.2 Å². The van der Waals surface area contributed by atoms with Crippen molar-refractivity contribution < 1.29 is 5.21 Å². The molecule has 16 heavy (non-hydrogen) atoms. The normalized spacial score (nSPS) is 11.8. The van der Waals surface area contributed by atoms with Gasteiger partial charge in [-0.2, -0.15) is 0 Å². The van der Waals surface area contributed by atoms with E-state index in [9.17, 15) is 0 Å². The Morgan fingerprint density at radius 2 is 1.88 bits per heavy atom. The van der Waals surface area contributed by atoms with Gasteiger partial charge in [-0.05, 0) is 45.8 Å². The summed E-state index contributed by atoms with van der Waals surface area (Å²) in [6.07, 6.45) is 0. The predicted molar refractivity (Wildman–Crippen MR) is 70.2 cm³/mol. The Kier molecular flexibility index (Phi) is 3.10. The lowest BCUT2D eigenvalue weighted by Gasteiger charge is -2.08. The third-order valence-corrected chi connectivity index (χ3v) is 2.96. The van der Waals surface area contributed by atoms with Crippen LogP contribution in [0.5, 0.6) is 0 Å². The van der Waals surface area contributed by atoms with E-state index < -0.39 is 0 Å². The number of anilines is 1. The molecule has 0 spiro atoms. The molecule has 82 valence electrons. The second-order valence-corrected chi connectivity index (χ2v) is 4.34. The van der Waals surface area contributed by atoms with Gasteiger partial charge in [-0.1, -0.05) is 29.4 Å². The number of fused-ring (bicyclic) bond motifs is 1. The average molecular weight is 279 g/mol. The van der Waals surface area contributed by atoms with Crippen LogP contribution in [0.3, 0.4) is 0 Å². The largest absolute Gasteiger partial charge is 0.409 e. The molecule has 2 rings (SSSR count). The lowest BCUT2D eigenvalue weighted by molar-refractivity contribution is 0.318. The van der Waals surface area contributed by atoms with E-state index in [4.69, 9.17) is 5.21 Å². The molecule has 0 atom stereocenters. The van der Waals surface area contributed by atoms with Gasteiger partial charge < -0.3 is 10.5 Å². The number of amidine groups is 1. The first kappa shape index (κ1) is 11.0. The first-order valence-electron chi connectivity index (χ1n) is 4.84. The van der Waals surface area contributed by atoms with Crippen LogP contribution in [0.2, 0.25) is 0 Å². The predicted octanol–water partition coefficient (Wildman–Crippen LogP) is 3.82. The zero-order valence-electron chi connectivity index (χ0n) is 8.74. The third-order valence-electron chi connectivity index (χ3n) is 2.30. The lowest BCUT2D eigenvalue weighted by Crippen LogP contribution is -2.07. The maximum absolute atomic E-state index is 8.61. The van der Waals surface area contributed by atoms with Gasteiger partial charge >= 0.3 is 0 Å². The van der Waals surface area contributed by atoms with Crippen molar-refractivity contribution in [2.45, 2.75) is 6.92 Å². The first-order chi connectivity index (χ1) is 7.70. The van der Waals surface area contributed by atoms with Crippen molar-refractivity contribution in [3.05, 3.63) is 40.9 Å². The van der Waals surface area contributed by atoms with E-state index in [-0.39, 0.29) is 0 Å². The molecule has 0 bridgehead atoms. The molecule has 0 fully saturated rings. The van der Waals surface area contributed by atoms with Gasteiger partial charge in [-0.15, -0.1) is 0 Å². The number of hydrogen-bond donors (Lipinski definition) is 2. The summed E-state index contributed by atoms with van der Waals surface area (Å²) in [4.78, 5) is 0. The number of rotatable bonds is 1.